The van der Waals surface area contributed by atoms with Crippen molar-refractivity contribution in [2.24, 2.45) is 0 Å². The Bertz CT molecular complexity index is 485. The minimum Gasteiger partial charge on any atom is -0.466 e. The quantitative estimate of drug-likeness (QED) is 0.659. The monoisotopic (exact) mass is 259 g/mol. The molecule has 1 aliphatic heterocycles. The van der Waals surface area contributed by atoms with E-state index < -0.39 is 7.05 Å². The highest BCUT2D eigenvalue weighted by molar-refractivity contribution is 6.45. The van der Waals surface area contributed by atoms with Crippen molar-refractivity contribution in [3.8, 4) is 0 Å². The summed E-state index contributed by atoms with van der Waals surface area (Å²) >= 11 is 0. The lowest BCUT2D eigenvalue weighted by Gasteiger charge is -2.30. The summed E-state index contributed by atoms with van der Waals surface area (Å²) in [6, 6.07) is 9.86. The van der Waals surface area contributed by atoms with Gasteiger partial charge in [0, 0.05) is 6.54 Å². The summed E-state index contributed by atoms with van der Waals surface area (Å²) in [5, 5.41) is 9.66. The maximum Gasteiger partial charge on any atom is 0.376 e. The smallest absolute Gasteiger partial charge is 0.376 e. The summed E-state index contributed by atoms with van der Waals surface area (Å²) in [6.45, 7) is 2.87. The number of methoxy groups -OCH3 is 1. The number of rotatable bonds is 3. The van der Waals surface area contributed by atoms with Gasteiger partial charge in [0.25, 0.3) is 0 Å². The number of ether oxygens (including phenoxy) is 1. The van der Waals surface area contributed by atoms with E-state index in [2.05, 4.69) is 0 Å². The van der Waals surface area contributed by atoms with E-state index >= 15 is 0 Å². The Labute approximate surface area is 113 Å². The van der Waals surface area contributed by atoms with Gasteiger partial charge in [-0.3, -0.25) is 0 Å². The summed E-state index contributed by atoms with van der Waals surface area (Å²) in [4.78, 5) is 13.8. The highest BCUT2D eigenvalue weighted by atomic mass is 16.5. The number of carbonyl (C=O) groups is 1. The fraction of sp³-hybridized carbons (Fsp3) is 0.357. The predicted octanol–water partition coefficient (Wildman–Crippen LogP) is 1.43. The van der Waals surface area contributed by atoms with Crippen LogP contribution in [0.5, 0.6) is 0 Å². The third-order valence-electron chi connectivity index (χ3n) is 3.46. The second kappa shape index (κ2) is 6.04. The standard InChI is InChI=1S/C14H18BNO3/c1-15(18)16-9-8-12(11-6-4-3-5-7-11)13(10-16)14(17)19-2/h3-7,18H,8-10H2,1-2H3. The topological polar surface area (TPSA) is 49.8 Å². The van der Waals surface area contributed by atoms with E-state index in [1.165, 1.54) is 7.11 Å². The molecule has 1 N–H and O–H groups in total. The van der Waals surface area contributed by atoms with Crippen LogP contribution in [-0.2, 0) is 9.53 Å². The van der Waals surface area contributed by atoms with Crippen molar-refractivity contribution in [2.75, 3.05) is 20.2 Å². The summed E-state index contributed by atoms with van der Waals surface area (Å²) < 4.78 is 4.86. The molecule has 0 spiro atoms. The highest BCUT2D eigenvalue weighted by Crippen LogP contribution is 2.28. The molecule has 0 saturated heterocycles. The van der Waals surface area contributed by atoms with Gasteiger partial charge < -0.3 is 14.6 Å². The molecular formula is C14H18BNO3. The van der Waals surface area contributed by atoms with Crippen LogP contribution in [0.4, 0.5) is 0 Å². The molecule has 100 valence electrons. The van der Waals surface area contributed by atoms with Crippen molar-refractivity contribution in [2.45, 2.75) is 13.2 Å². The van der Waals surface area contributed by atoms with Gasteiger partial charge in [-0.1, -0.05) is 30.3 Å². The number of nitrogens with zero attached hydrogens (tertiary/aromatic N) is 1. The molecule has 0 aromatic heterocycles. The number of hydrogen-bond acceptors (Lipinski definition) is 4. The first-order valence-corrected chi connectivity index (χ1v) is 6.41. The van der Waals surface area contributed by atoms with Crippen molar-refractivity contribution in [3.63, 3.8) is 0 Å². The lowest BCUT2D eigenvalue weighted by atomic mass is 9.80. The largest absolute Gasteiger partial charge is 0.466 e. The van der Waals surface area contributed by atoms with Crippen molar-refractivity contribution < 1.29 is 14.6 Å². The Morgan fingerprint density at radius 3 is 2.63 bits per heavy atom. The van der Waals surface area contributed by atoms with E-state index in [1.807, 2.05) is 35.1 Å². The van der Waals surface area contributed by atoms with Crippen molar-refractivity contribution in [1.82, 2.24) is 4.81 Å². The molecule has 0 amide bonds. The fourth-order valence-corrected chi connectivity index (χ4v) is 2.37. The highest BCUT2D eigenvalue weighted by Gasteiger charge is 2.28. The molecule has 0 atom stereocenters. The molecule has 0 unspecified atom stereocenters. The van der Waals surface area contributed by atoms with E-state index in [0.717, 1.165) is 24.1 Å². The third kappa shape index (κ3) is 3.05. The van der Waals surface area contributed by atoms with Gasteiger partial charge >= 0.3 is 13.0 Å². The van der Waals surface area contributed by atoms with E-state index in [0.29, 0.717) is 12.1 Å². The zero-order valence-electron chi connectivity index (χ0n) is 11.3. The van der Waals surface area contributed by atoms with Gasteiger partial charge in [-0.05, 0) is 30.9 Å². The zero-order chi connectivity index (χ0) is 13.8. The van der Waals surface area contributed by atoms with Gasteiger partial charge in [0.2, 0.25) is 0 Å². The minimum atomic E-state index is -0.558. The molecule has 0 aliphatic carbocycles. The van der Waals surface area contributed by atoms with Crippen LogP contribution in [0.2, 0.25) is 6.82 Å². The molecule has 2 rings (SSSR count). The van der Waals surface area contributed by atoms with E-state index in [9.17, 15) is 9.82 Å². The molecule has 5 heteroatoms. The van der Waals surface area contributed by atoms with Gasteiger partial charge in [0.05, 0.1) is 12.7 Å². The molecule has 1 aliphatic rings. The van der Waals surface area contributed by atoms with Crippen molar-refractivity contribution in [3.05, 3.63) is 41.5 Å². The second-order valence-corrected chi connectivity index (χ2v) is 4.67. The maximum atomic E-state index is 11.9. The second-order valence-electron chi connectivity index (χ2n) is 4.67. The number of esters is 1. The summed E-state index contributed by atoms with van der Waals surface area (Å²) in [7, 11) is 0.830. The van der Waals surface area contributed by atoms with Crippen LogP contribution in [0.15, 0.2) is 35.9 Å². The fourth-order valence-electron chi connectivity index (χ4n) is 2.37. The van der Waals surface area contributed by atoms with Gasteiger partial charge in [-0.2, -0.15) is 0 Å². The average molecular weight is 259 g/mol. The average Bonchev–Trinajstić information content (AvgIpc) is 2.46. The molecule has 0 radical (unpaired) electrons. The van der Waals surface area contributed by atoms with Gasteiger partial charge in [-0.25, -0.2) is 4.79 Å². The summed E-state index contributed by atoms with van der Waals surface area (Å²) in [6.07, 6.45) is 0.735. The molecule has 1 aromatic rings. The molecular weight excluding hydrogens is 241 g/mol. The van der Waals surface area contributed by atoms with E-state index in [1.54, 1.807) is 6.82 Å². The van der Waals surface area contributed by atoms with Crippen molar-refractivity contribution in [1.29, 1.82) is 0 Å². The van der Waals surface area contributed by atoms with Crippen LogP contribution in [0.3, 0.4) is 0 Å². The van der Waals surface area contributed by atoms with Crippen LogP contribution >= 0.6 is 0 Å². The predicted molar refractivity (Wildman–Crippen MR) is 75.4 cm³/mol. The Balaban J connectivity index is 2.38. The normalized spacial score (nSPS) is 16.4. The molecule has 1 aromatic carbocycles. The first kappa shape index (κ1) is 13.8. The van der Waals surface area contributed by atoms with Crippen LogP contribution < -0.4 is 0 Å². The Kier molecular flexibility index (Phi) is 4.40. The Morgan fingerprint density at radius 2 is 2.05 bits per heavy atom. The Morgan fingerprint density at radius 1 is 1.37 bits per heavy atom. The summed E-state index contributed by atoms with van der Waals surface area (Å²) in [5.41, 5.74) is 2.71. The first-order chi connectivity index (χ1) is 9.13. The van der Waals surface area contributed by atoms with Gasteiger partial charge in [0.1, 0.15) is 0 Å². The van der Waals surface area contributed by atoms with Crippen LogP contribution in [-0.4, -0.2) is 43.1 Å². The lowest BCUT2D eigenvalue weighted by Crippen LogP contribution is -2.43. The number of carbonyl (C=O) groups excluding carboxylic acids is 1. The van der Waals surface area contributed by atoms with E-state index in [4.69, 9.17) is 4.74 Å². The molecule has 0 saturated carbocycles. The minimum absolute atomic E-state index is 0.316. The third-order valence-corrected chi connectivity index (χ3v) is 3.46. The molecule has 0 bridgehead atoms. The van der Waals surface area contributed by atoms with Crippen LogP contribution in [0, 0.1) is 0 Å². The summed E-state index contributed by atoms with van der Waals surface area (Å²) in [5.74, 6) is -0.316. The zero-order valence-corrected chi connectivity index (χ0v) is 11.3. The molecule has 4 nitrogen and oxygen atoms in total. The number of benzene rings is 1. The van der Waals surface area contributed by atoms with Crippen molar-refractivity contribution >= 4 is 18.6 Å². The molecule has 1 heterocycles. The SMILES string of the molecule is COC(=O)C1=C(c2ccccc2)CCN(B(C)O)C1. The van der Waals surface area contributed by atoms with Gasteiger partial charge in [-0.15, -0.1) is 0 Å². The van der Waals surface area contributed by atoms with Gasteiger partial charge in [0.15, 0.2) is 0 Å². The van der Waals surface area contributed by atoms with Crippen LogP contribution in [0.25, 0.3) is 5.57 Å². The molecule has 0 fully saturated rings. The maximum absolute atomic E-state index is 11.9. The Hall–Kier alpha value is -1.59. The number of hydrogen-bond donors (Lipinski definition) is 1. The van der Waals surface area contributed by atoms with E-state index in [-0.39, 0.29) is 5.97 Å². The molecule has 19 heavy (non-hydrogen) atoms. The lowest BCUT2D eigenvalue weighted by molar-refractivity contribution is -0.136. The van der Waals surface area contributed by atoms with Crippen LogP contribution in [0.1, 0.15) is 12.0 Å². The first-order valence-electron chi connectivity index (χ1n) is 6.41.